The van der Waals surface area contributed by atoms with Crippen LogP contribution in [0.1, 0.15) is 15.9 Å². The van der Waals surface area contributed by atoms with Gasteiger partial charge in [0.05, 0.1) is 5.56 Å². The van der Waals surface area contributed by atoms with E-state index in [2.05, 4.69) is 10.3 Å². The van der Waals surface area contributed by atoms with Gasteiger partial charge in [-0.1, -0.05) is 29.8 Å². The predicted octanol–water partition coefficient (Wildman–Crippen LogP) is 4.76. The van der Waals surface area contributed by atoms with Crippen molar-refractivity contribution in [1.29, 1.82) is 0 Å². The summed E-state index contributed by atoms with van der Waals surface area (Å²) in [7, 11) is 0. The molecule has 5 nitrogen and oxygen atoms in total. The Morgan fingerprint density at radius 1 is 1.04 bits per heavy atom. The molecule has 0 saturated heterocycles. The zero-order valence-corrected chi connectivity index (χ0v) is 14.1. The standard InChI is InChI=1S/C21H16N2O3/c1-13-6-8-14(9-7-13)20(25)22-15-10-11-16(18(24)12-15)21-23-17-4-2-3-5-19(17)26-21/h2-12,24H,1H3,(H,22,25). The Morgan fingerprint density at radius 2 is 1.81 bits per heavy atom. The summed E-state index contributed by atoms with van der Waals surface area (Å²) in [5.74, 6) is 0.0809. The van der Waals surface area contributed by atoms with Crippen LogP contribution in [0, 0.1) is 6.92 Å². The number of nitrogens with zero attached hydrogens (tertiary/aromatic N) is 1. The Hall–Kier alpha value is -3.60. The summed E-state index contributed by atoms with van der Waals surface area (Å²) in [6, 6.07) is 19.5. The van der Waals surface area contributed by atoms with Gasteiger partial charge in [0, 0.05) is 17.3 Å². The van der Waals surface area contributed by atoms with Gasteiger partial charge >= 0.3 is 0 Å². The van der Waals surface area contributed by atoms with Crippen LogP contribution in [0.25, 0.3) is 22.6 Å². The van der Waals surface area contributed by atoms with Crippen molar-refractivity contribution in [1.82, 2.24) is 4.98 Å². The molecule has 1 heterocycles. The first-order chi connectivity index (χ1) is 12.6. The molecule has 26 heavy (non-hydrogen) atoms. The lowest BCUT2D eigenvalue weighted by Gasteiger charge is -2.07. The maximum absolute atomic E-state index is 12.3. The zero-order chi connectivity index (χ0) is 18.1. The highest BCUT2D eigenvalue weighted by atomic mass is 16.3. The normalized spacial score (nSPS) is 10.8. The van der Waals surface area contributed by atoms with Crippen molar-refractivity contribution in [2.24, 2.45) is 0 Å². The van der Waals surface area contributed by atoms with Crippen LogP contribution in [0.4, 0.5) is 5.69 Å². The summed E-state index contributed by atoms with van der Waals surface area (Å²) < 4.78 is 5.68. The van der Waals surface area contributed by atoms with E-state index in [4.69, 9.17) is 4.42 Å². The lowest BCUT2D eigenvalue weighted by atomic mass is 10.1. The Kier molecular flexibility index (Phi) is 3.89. The van der Waals surface area contributed by atoms with Crippen molar-refractivity contribution in [3.63, 3.8) is 0 Å². The van der Waals surface area contributed by atoms with Crippen molar-refractivity contribution < 1.29 is 14.3 Å². The van der Waals surface area contributed by atoms with Gasteiger partial charge in [-0.2, -0.15) is 0 Å². The molecule has 1 aromatic heterocycles. The fourth-order valence-corrected chi connectivity index (χ4v) is 2.69. The molecule has 128 valence electrons. The van der Waals surface area contributed by atoms with Gasteiger partial charge < -0.3 is 14.8 Å². The summed E-state index contributed by atoms with van der Waals surface area (Å²) in [6.45, 7) is 1.96. The number of para-hydroxylation sites is 2. The number of amides is 1. The summed E-state index contributed by atoms with van der Waals surface area (Å²) in [5.41, 5.74) is 3.97. The highest BCUT2D eigenvalue weighted by molar-refractivity contribution is 6.04. The molecule has 4 aromatic rings. The van der Waals surface area contributed by atoms with Crippen LogP contribution in [-0.4, -0.2) is 16.0 Å². The molecule has 0 radical (unpaired) electrons. The first-order valence-corrected chi connectivity index (χ1v) is 8.17. The van der Waals surface area contributed by atoms with Gasteiger partial charge in [-0.25, -0.2) is 4.98 Å². The number of phenols is 1. The minimum absolute atomic E-state index is 0.0155. The van der Waals surface area contributed by atoms with Gasteiger partial charge in [0.2, 0.25) is 5.89 Å². The van der Waals surface area contributed by atoms with E-state index in [0.717, 1.165) is 11.1 Å². The number of hydrogen-bond donors (Lipinski definition) is 2. The molecule has 0 spiro atoms. The number of rotatable bonds is 3. The fraction of sp³-hybridized carbons (Fsp3) is 0.0476. The monoisotopic (exact) mass is 344 g/mol. The van der Waals surface area contributed by atoms with Crippen LogP contribution in [0.5, 0.6) is 5.75 Å². The van der Waals surface area contributed by atoms with Crippen LogP contribution in [0.3, 0.4) is 0 Å². The summed E-state index contributed by atoms with van der Waals surface area (Å²) in [4.78, 5) is 16.7. The van der Waals surface area contributed by atoms with Crippen molar-refractivity contribution in [3.8, 4) is 17.2 Å². The maximum Gasteiger partial charge on any atom is 0.255 e. The summed E-state index contributed by atoms with van der Waals surface area (Å²) >= 11 is 0. The number of carbonyl (C=O) groups excluding carboxylic acids is 1. The lowest BCUT2D eigenvalue weighted by Crippen LogP contribution is -2.11. The van der Waals surface area contributed by atoms with Gasteiger partial charge in [-0.3, -0.25) is 4.79 Å². The summed E-state index contributed by atoms with van der Waals surface area (Å²) in [6.07, 6.45) is 0. The third-order valence-electron chi connectivity index (χ3n) is 4.09. The number of phenolic OH excluding ortho intramolecular Hbond substituents is 1. The molecule has 0 aliphatic carbocycles. The number of anilines is 1. The van der Waals surface area contributed by atoms with Crippen LogP contribution >= 0.6 is 0 Å². The number of hydrogen-bond acceptors (Lipinski definition) is 4. The number of aryl methyl sites for hydroxylation is 1. The van der Waals surface area contributed by atoms with Gasteiger partial charge in [0.25, 0.3) is 5.91 Å². The molecule has 4 rings (SSSR count). The average molecular weight is 344 g/mol. The van der Waals surface area contributed by atoms with Gasteiger partial charge in [-0.05, 0) is 43.3 Å². The molecule has 0 fully saturated rings. The fourth-order valence-electron chi connectivity index (χ4n) is 2.69. The molecule has 5 heteroatoms. The number of benzene rings is 3. The van der Waals surface area contributed by atoms with E-state index >= 15 is 0 Å². The molecule has 1 amide bonds. The van der Waals surface area contributed by atoms with Crippen molar-refractivity contribution in [2.75, 3.05) is 5.32 Å². The first-order valence-electron chi connectivity index (χ1n) is 8.17. The Morgan fingerprint density at radius 3 is 2.54 bits per heavy atom. The lowest BCUT2D eigenvalue weighted by molar-refractivity contribution is 0.102. The first kappa shape index (κ1) is 15.9. The van der Waals surface area contributed by atoms with E-state index in [1.807, 2.05) is 43.3 Å². The van der Waals surface area contributed by atoms with E-state index in [9.17, 15) is 9.90 Å². The topological polar surface area (TPSA) is 75.4 Å². The number of nitrogens with one attached hydrogen (secondary N) is 1. The second-order valence-electron chi connectivity index (χ2n) is 6.04. The van der Waals surface area contributed by atoms with Crippen LogP contribution in [0.15, 0.2) is 71.1 Å². The van der Waals surface area contributed by atoms with Crippen LogP contribution < -0.4 is 5.32 Å². The highest BCUT2D eigenvalue weighted by Crippen LogP contribution is 2.33. The van der Waals surface area contributed by atoms with Crippen molar-refractivity contribution in [2.45, 2.75) is 6.92 Å². The molecule has 0 unspecified atom stereocenters. The Bertz CT molecular complexity index is 1060. The molecule has 0 aliphatic heterocycles. The third-order valence-corrected chi connectivity index (χ3v) is 4.09. The SMILES string of the molecule is Cc1ccc(C(=O)Nc2ccc(-c3nc4ccccc4o3)c(O)c2)cc1. The van der Waals surface area contributed by atoms with Crippen molar-refractivity contribution >= 4 is 22.7 Å². The molecular formula is C21H16N2O3. The largest absolute Gasteiger partial charge is 0.507 e. The smallest absolute Gasteiger partial charge is 0.255 e. The molecule has 0 saturated carbocycles. The van der Waals surface area contributed by atoms with E-state index in [-0.39, 0.29) is 11.7 Å². The molecular weight excluding hydrogens is 328 g/mol. The quantitative estimate of drug-likeness (QED) is 0.562. The highest BCUT2D eigenvalue weighted by Gasteiger charge is 2.13. The molecule has 0 bridgehead atoms. The molecule has 0 aliphatic rings. The molecule has 2 N–H and O–H groups in total. The minimum Gasteiger partial charge on any atom is -0.507 e. The average Bonchev–Trinajstić information content (AvgIpc) is 3.06. The number of oxazole rings is 1. The molecule has 0 atom stereocenters. The van der Waals surface area contributed by atoms with Crippen LogP contribution in [-0.2, 0) is 0 Å². The Balaban J connectivity index is 1.59. The van der Waals surface area contributed by atoms with Crippen molar-refractivity contribution in [3.05, 3.63) is 77.9 Å². The minimum atomic E-state index is -0.237. The zero-order valence-electron chi connectivity index (χ0n) is 14.1. The van der Waals surface area contributed by atoms with E-state index in [0.29, 0.717) is 28.3 Å². The number of aromatic hydroxyl groups is 1. The van der Waals surface area contributed by atoms with Gasteiger partial charge in [0.15, 0.2) is 5.58 Å². The predicted molar refractivity (Wildman–Crippen MR) is 100 cm³/mol. The Labute approximate surface area is 149 Å². The van der Waals surface area contributed by atoms with Gasteiger partial charge in [0.1, 0.15) is 11.3 Å². The molecule has 3 aromatic carbocycles. The van der Waals surface area contributed by atoms with Gasteiger partial charge in [-0.15, -0.1) is 0 Å². The number of aromatic nitrogens is 1. The second kappa shape index (κ2) is 6.37. The van der Waals surface area contributed by atoms with E-state index < -0.39 is 0 Å². The van der Waals surface area contributed by atoms with E-state index in [1.165, 1.54) is 6.07 Å². The second-order valence-corrected chi connectivity index (χ2v) is 6.04. The third kappa shape index (κ3) is 3.02. The van der Waals surface area contributed by atoms with E-state index in [1.54, 1.807) is 24.3 Å². The number of carbonyl (C=O) groups is 1. The van der Waals surface area contributed by atoms with Crippen LogP contribution in [0.2, 0.25) is 0 Å². The maximum atomic E-state index is 12.3. The number of fused-ring (bicyclic) bond motifs is 1. The summed E-state index contributed by atoms with van der Waals surface area (Å²) in [5, 5.41) is 13.1.